The zero-order valence-electron chi connectivity index (χ0n) is 12.3. The van der Waals surface area contributed by atoms with Gasteiger partial charge in [-0.05, 0) is 30.2 Å². The fourth-order valence-electron chi connectivity index (χ4n) is 2.22. The second-order valence-electron chi connectivity index (χ2n) is 5.87. The SMILES string of the molecule is CCc1cc(Br)cc2c(NC)cc(C(C)(C)C)nc12. The Labute approximate surface area is 123 Å². The highest BCUT2D eigenvalue weighted by atomic mass is 79.9. The van der Waals surface area contributed by atoms with E-state index in [0.29, 0.717) is 0 Å². The molecule has 19 heavy (non-hydrogen) atoms. The van der Waals surface area contributed by atoms with Crippen molar-refractivity contribution in [1.82, 2.24) is 4.98 Å². The molecule has 0 atom stereocenters. The molecule has 1 aromatic heterocycles. The monoisotopic (exact) mass is 320 g/mol. The highest BCUT2D eigenvalue weighted by Crippen LogP contribution is 2.33. The van der Waals surface area contributed by atoms with Gasteiger partial charge in [-0.25, -0.2) is 0 Å². The number of nitrogens with one attached hydrogen (secondary N) is 1. The van der Waals surface area contributed by atoms with Crippen molar-refractivity contribution in [3.05, 3.63) is 33.9 Å². The second-order valence-corrected chi connectivity index (χ2v) is 6.79. The lowest BCUT2D eigenvalue weighted by Gasteiger charge is -2.21. The molecule has 102 valence electrons. The number of rotatable bonds is 2. The Kier molecular flexibility index (Phi) is 3.86. The van der Waals surface area contributed by atoms with Gasteiger partial charge < -0.3 is 5.32 Å². The number of benzene rings is 1. The molecule has 0 aliphatic heterocycles. The lowest BCUT2D eigenvalue weighted by molar-refractivity contribution is 0.571. The Morgan fingerprint density at radius 1 is 1.21 bits per heavy atom. The molecule has 1 aromatic carbocycles. The number of anilines is 1. The van der Waals surface area contributed by atoms with Crippen molar-refractivity contribution in [2.24, 2.45) is 0 Å². The third-order valence-corrected chi connectivity index (χ3v) is 3.83. The maximum absolute atomic E-state index is 4.91. The van der Waals surface area contributed by atoms with Gasteiger partial charge in [-0.3, -0.25) is 4.98 Å². The van der Waals surface area contributed by atoms with E-state index in [1.54, 1.807) is 0 Å². The van der Waals surface area contributed by atoms with Gasteiger partial charge in [-0.15, -0.1) is 0 Å². The molecule has 1 heterocycles. The Morgan fingerprint density at radius 3 is 2.42 bits per heavy atom. The number of aryl methyl sites for hydroxylation is 1. The van der Waals surface area contributed by atoms with Crippen molar-refractivity contribution in [2.75, 3.05) is 12.4 Å². The number of halogens is 1. The first kappa shape index (κ1) is 14.3. The third-order valence-electron chi connectivity index (χ3n) is 3.38. The van der Waals surface area contributed by atoms with Gasteiger partial charge >= 0.3 is 0 Å². The lowest BCUT2D eigenvalue weighted by atomic mass is 9.90. The minimum atomic E-state index is 0.0534. The number of hydrogen-bond acceptors (Lipinski definition) is 2. The van der Waals surface area contributed by atoms with Gasteiger partial charge in [-0.1, -0.05) is 43.6 Å². The summed E-state index contributed by atoms with van der Waals surface area (Å²) < 4.78 is 1.11. The summed E-state index contributed by atoms with van der Waals surface area (Å²) >= 11 is 3.59. The summed E-state index contributed by atoms with van der Waals surface area (Å²) in [5, 5.41) is 4.48. The highest BCUT2D eigenvalue weighted by molar-refractivity contribution is 9.10. The average molecular weight is 321 g/mol. The Hall–Kier alpha value is -1.09. The summed E-state index contributed by atoms with van der Waals surface area (Å²) in [6, 6.07) is 6.47. The molecule has 0 fully saturated rings. The minimum absolute atomic E-state index is 0.0534. The summed E-state index contributed by atoms with van der Waals surface area (Å²) in [6.45, 7) is 8.77. The molecule has 0 bridgehead atoms. The maximum Gasteiger partial charge on any atom is 0.0758 e. The van der Waals surface area contributed by atoms with E-state index >= 15 is 0 Å². The highest BCUT2D eigenvalue weighted by Gasteiger charge is 2.18. The summed E-state index contributed by atoms with van der Waals surface area (Å²) in [5.74, 6) is 0. The molecule has 0 spiro atoms. The van der Waals surface area contributed by atoms with Crippen LogP contribution >= 0.6 is 15.9 Å². The molecule has 2 aromatic rings. The zero-order chi connectivity index (χ0) is 14.2. The van der Waals surface area contributed by atoms with Gasteiger partial charge in [0.25, 0.3) is 0 Å². The van der Waals surface area contributed by atoms with Gasteiger partial charge in [0.05, 0.1) is 5.52 Å². The number of fused-ring (bicyclic) bond motifs is 1. The quantitative estimate of drug-likeness (QED) is 0.851. The molecule has 0 aliphatic rings. The van der Waals surface area contributed by atoms with Crippen LogP contribution in [0, 0.1) is 0 Å². The van der Waals surface area contributed by atoms with Crippen molar-refractivity contribution >= 4 is 32.5 Å². The smallest absolute Gasteiger partial charge is 0.0758 e. The van der Waals surface area contributed by atoms with Gasteiger partial charge in [0, 0.05) is 33.7 Å². The number of aromatic nitrogens is 1. The standard InChI is InChI=1S/C16H21BrN2/c1-6-10-7-11(17)8-12-13(18-5)9-14(16(2,3)4)19-15(10)12/h7-9H,6H2,1-5H3,(H,18,19). The van der Waals surface area contributed by atoms with Crippen molar-refractivity contribution < 1.29 is 0 Å². The molecule has 0 saturated heterocycles. The van der Waals surface area contributed by atoms with Gasteiger partial charge in [0.2, 0.25) is 0 Å². The Balaban J connectivity index is 2.85. The third kappa shape index (κ3) is 2.76. The van der Waals surface area contributed by atoms with E-state index < -0.39 is 0 Å². The molecule has 1 N–H and O–H groups in total. The summed E-state index contributed by atoms with van der Waals surface area (Å²) in [5.41, 5.74) is 4.72. The molecule has 0 aliphatic carbocycles. The zero-order valence-corrected chi connectivity index (χ0v) is 13.9. The Bertz CT molecular complexity index is 612. The van der Waals surface area contributed by atoms with Crippen LogP contribution in [0.3, 0.4) is 0 Å². The van der Waals surface area contributed by atoms with E-state index in [9.17, 15) is 0 Å². The average Bonchev–Trinajstić information content (AvgIpc) is 2.35. The van der Waals surface area contributed by atoms with Crippen molar-refractivity contribution in [2.45, 2.75) is 39.5 Å². The van der Waals surface area contributed by atoms with E-state index in [-0.39, 0.29) is 5.41 Å². The van der Waals surface area contributed by atoms with Crippen LogP contribution in [-0.2, 0) is 11.8 Å². The molecular weight excluding hydrogens is 300 g/mol. The first-order valence-corrected chi connectivity index (χ1v) is 7.47. The van der Waals surface area contributed by atoms with Crippen LogP contribution in [0.2, 0.25) is 0 Å². The predicted octanol–water partition coefficient (Wildman–Crippen LogP) is 4.90. The number of nitrogens with zero attached hydrogens (tertiary/aromatic N) is 1. The summed E-state index contributed by atoms with van der Waals surface area (Å²) in [7, 11) is 1.97. The lowest BCUT2D eigenvalue weighted by Crippen LogP contribution is -2.14. The molecule has 3 heteroatoms. The fourth-order valence-corrected chi connectivity index (χ4v) is 2.73. The van der Waals surface area contributed by atoms with E-state index in [0.717, 1.165) is 27.8 Å². The molecule has 0 unspecified atom stereocenters. The summed E-state index contributed by atoms with van der Waals surface area (Å²) in [6.07, 6.45) is 0.986. The number of pyridine rings is 1. The van der Waals surface area contributed by atoms with Gasteiger partial charge in [0.15, 0.2) is 0 Å². The van der Waals surface area contributed by atoms with Gasteiger partial charge in [-0.2, -0.15) is 0 Å². The van der Waals surface area contributed by atoms with Crippen LogP contribution in [0.15, 0.2) is 22.7 Å². The molecule has 0 saturated carbocycles. The van der Waals surface area contributed by atoms with Gasteiger partial charge in [0.1, 0.15) is 0 Å². The fraction of sp³-hybridized carbons (Fsp3) is 0.438. The van der Waals surface area contributed by atoms with E-state index in [4.69, 9.17) is 4.98 Å². The molecule has 0 amide bonds. The van der Waals surface area contributed by atoms with E-state index in [1.165, 1.54) is 10.9 Å². The maximum atomic E-state index is 4.91. The largest absolute Gasteiger partial charge is 0.388 e. The molecular formula is C16H21BrN2. The second kappa shape index (κ2) is 5.12. The minimum Gasteiger partial charge on any atom is -0.388 e. The van der Waals surface area contributed by atoms with E-state index in [1.807, 2.05) is 7.05 Å². The first-order chi connectivity index (χ1) is 8.86. The summed E-state index contributed by atoms with van der Waals surface area (Å²) in [4.78, 5) is 4.91. The topological polar surface area (TPSA) is 24.9 Å². The van der Waals surface area contributed by atoms with Crippen molar-refractivity contribution in [1.29, 1.82) is 0 Å². The van der Waals surface area contributed by atoms with Crippen LogP contribution in [0.1, 0.15) is 39.0 Å². The first-order valence-electron chi connectivity index (χ1n) is 6.68. The number of hydrogen-bond donors (Lipinski definition) is 1. The van der Waals surface area contributed by atoms with E-state index in [2.05, 4.69) is 67.1 Å². The van der Waals surface area contributed by atoms with Crippen molar-refractivity contribution in [3.63, 3.8) is 0 Å². The predicted molar refractivity (Wildman–Crippen MR) is 87.1 cm³/mol. The van der Waals surface area contributed by atoms with Crippen LogP contribution in [-0.4, -0.2) is 12.0 Å². The molecule has 2 rings (SSSR count). The van der Waals surface area contributed by atoms with Crippen LogP contribution in [0.25, 0.3) is 10.9 Å². The normalized spacial score (nSPS) is 11.9. The van der Waals surface area contributed by atoms with Crippen LogP contribution in [0.4, 0.5) is 5.69 Å². The van der Waals surface area contributed by atoms with Crippen LogP contribution < -0.4 is 5.32 Å². The Morgan fingerprint density at radius 2 is 1.89 bits per heavy atom. The molecule has 0 radical (unpaired) electrons. The molecule has 2 nitrogen and oxygen atoms in total. The van der Waals surface area contributed by atoms with Crippen molar-refractivity contribution in [3.8, 4) is 0 Å². The van der Waals surface area contributed by atoms with Crippen LogP contribution in [0.5, 0.6) is 0 Å².